The number of hydrogen-bond acceptors (Lipinski definition) is 4. The number of rotatable bonds is 11. The molecule has 0 aliphatic rings. The fourth-order valence-electron chi connectivity index (χ4n) is 3.03. The van der Waals surface area contributed by atoms with E-state index in [0.717, 1.165) is 10.1 Å². The topological polar surface area (TPSA) is 66.5 Å². The number of anilines is 1. The highest BCUT2D eigenvalue weighted by Crippen LogP contribution is 2.24. The zero-order chi connectivity index (χ0) is 23.7. The number of thioether (sulfide) groups is 1. The number of hydrogen-bond donors (Lipinski definition) is 1. The summed E-state index contributed by atoms with van der Waals surface area (Å²) in [6.45, 7) is 0.0457. The summed E-state index contributed by atoms with van der Waals surface area (Å²) < 4.78 is 41.2. The fourth-order valence-corrected chi connectivity index (χ4v) is 5.52. The van der Waals surface area contributed by atoms with Crippen LogP contribution >= 0.6 is 23.4 Å². The van der Waals surface area contributed by atoms with Gasteiger partial charge in [0.1, 0.15) is 12.4 Å². The summed E-state index contributed by atoms with van der Waals surface area (Å²) >= 11 is 7.46. The van der Waals surface area contributed by atoms with Crippen molar-refractivity contribution in [2.75, 3.05) is 23.1 Å². The molecule has 0 unspecified atom stereocenters. The number of carbonyl (C=O) groups is 1. The second-order valence-electron chi connectivity index (χ2n) is 7.15. The van der Waals surface area contributed by atoms with Gasteiger partial charge in [-0.15, -0.1) is 0 Å². The number of benzene rings is 3. The van der Waals surface area contributed by atoms with Crippen LogP contribution in [0.15, 0.2) is 83.8 Å². The maximum Gasteiger partial charge on any atom is 0.264 e. The molecule has 3 rings (SSSR count). The Hall–Kier alpha value is -2.55. The molecule has 0 saturated heterocycles. The van der Waals surface area contributed by atoms with Crippen LogP contribution in [0.4, 0.5) is 10.1 Å². The molecule has 0 heterocycles. The molecule has 0 bridgehead atoms. The van der Waals surface area contributed by atoms with E-state index >= 15 is 0 Å². The third-order valence-corrected chi connectivity index (χ3v) is 7.87. The van der Waals surface area contributed by atoms with Crippen molar-refractivity contribution in [1.29, 1.82) is 0 Å². The summed E-state index contributed by atoms with van der Waals surface area (Å²) in [5, 5.41) is 3.19. The molecule has 0 atom stereocenters. The third-order valence-electron chi connectivity index (χ3n) is 4.74. The first kappa shape index (κ1) is 25.1. The molecule has 0 saturated carbocycles. The van der Waals surface area contributed by atoms with Gasteiger partial charge in [0.15, 0.2) is 0 Å². The largest absolute Gasteiger partial charge is 0.354 e. The lowest BCUT2D eigenvalue weighted by molar-refractivity contribution is -0.119. The van der Waals surface area contributed by atoms with Gasteiger partial charge in [-0.05, 0) is 60.2 Å². The van der Waals surface area contributed by atoms with Crippen molar-refractivity contribution in [1.82, 2.24) is 5.32 Å². The quantitative estimate of drug-likeness (QED) is 0.367. The molecule has 174 valence electrons. The van der Waals surface area contributed by atoms with Crippen LogP contribution in [0.2, 0.25) is 5.02 Å². The molecule has 3 aromatic carbocycles. The van der Waals surface area contributed by atoms with Gasteiger partial charge in [-0.2, -0.15) is 11.8 Å². The smallest absolute Gasteiger partial charge is 0.264 e. The molecule has 1 N–H and O–H groups in total. The maximum absolute atomic E-state index is 13.6. The molecular weight excluding hydrogens is 483 g/mol. The molecule has 0 aromatic heterocycles. The summed E-state index contributed by atoms with van der Waals surface area (Å²) in [5.41, 5.74) is 1.04. The van der Waals surface area contributed by atoms with Crippen LogP contribution in [-0.4, -0.2) is 33.2 Å². The van der Waals surface area contributed by atoms with E-state index in [1.165, 1.54) is 30.3 Å². The van der Waals surface area contributed by atoms with Gasteiger partial charge < -0.3 is 5.32 Å². The Morgan fingerprint density at radius 1 is 0.970 bits per heavy atom. The first-order chi connectivity index (χ1) is 15.9. The lowest BCUT2D eigenvalue weighted by atomic mass is 10.2. The summed E-state index contributed by atoms with van der Waals surface area (Å²) in [6.07, 6.45) is 0.681. The molecular formula is C24H24ClFN2O3S2. The highest BCUT2D eigenvalue weighted by molar-refractivity contribution is 7.98. The standard InChI is InChI=1S/C24H24ClFN2O3S2/c25-20-11-13-22(14-12-20)33(30,31)28(21-8-2-1-3-9-21)17-24(29)27-15-6-16-32-18-19-7-4-5-10-23(19)26/h1-5,7-14H,6,15-18H2,(H,27,29). The van der Waals surface area contributed by atoms with Crippen molar-refractivity contribution in [3.63, 3.8) is 0 Å². The Bertz CT molecular complexity index is 1160. The number of sulfonamides is 1. The molecule has 1 amide bonds. The molecule has 0 fully saturated rings. The van der Waals surface area contributed by atoms with Gasteiger partial charge in [0, 0.05) is 17.3 Å². The Balaban J connectivity index is 1.56. The molecule has 0 spiro atoms. The summed E-state index contributed by atoms with van der Waals surface area (Å²) in [7, 11) is -3.97. The van der Waals surface area contributed by atoms with Gasteiger partial charge in [-0.25, -0.2) is 12.8 Å². The van der Waals surface area contributed by atoms with Crippen LogP contribution in [0.1, 0.15) is 12.0 Å². The van der Waals surface area contributed by atoms with E-state index in [4.69, 9.17) is 11.6 Å². The first-order valence-electron chi connectivity index (χ1n) is 10.3. The molecule has 0 radical (unpaired) electrons. The number of carbonyl (C=O) groups excluding carboxylic acids is 1. The molecule has 5 nitrogen and oxygen atoms in total. The zero-order valence-corrected chi connectivity index (χ0v) is 20.2. The van der Waals surface area contributed by atoms with Gasteiger partial charge in [0.05, 0.1) is 10.6 Å². The monoisotopic (exact) mass is 506 g/mol. The number of amides is 1. The van der Waals surface area contributed by atoms with Crippen LogP contribution < -0.4 is 9.62 Å². The van der Waals surface area contributed by atoms with Gasteiger partial charge in [-0.3, -0.25) is 9.10 Å². The van der Waals surface area contributed by atoms with E-state index in [2.05, 4.69) is 5.32 Å². The number of para-hydroxylation sites is 1. The predicted molar refractivity (Wildman–Crippen MR) is 133 cm³/mol. The number of halogens is 2. The minimum atomic E-state index is -3.97. The average molecular weight is 507 g/mol. The van der Waals surface area contributed by atoms with Crippen LogP contribution in [0.25, 0.3) is 0 Å². The van der Waals surface area contributed by atoms with Crippen molar-refractivity contribution in [2.45, 2.75) is 17.1 Å². The van der Waals surface area contributed by atoms with E-state index in [9.17, 15) is 17.6 Å². The third kappa shape index (κ3) is 7.22. The Kier molecular flexibility index (Phi) is 9.17. The van der Waals surface area contributed by atoms with Gasteiger partial charge in [0.2, 0.25) is 5.91 Å². The minimum absolute atomic E-state index is 0.0492. The average Bonchev–Trinajstić information content (AvgIpc) is 2.81. The predicted octanol–water partition coefficient (Wildman–Crippen LogP) is 5.11. The van der Waals surface area contributed by atoms with Crippen molar-refractivity contribution < 1.29 is 17.6 Å². The van der Waals surface area contributed by atoms with Crippen molar-refractivity contribution in [3.8, 4) is 0 Å². The van der Waals surface area contributed by atoms with Gasteiger partial charge >= 0.3 is 0 Å². The second-order valence-corrected chi connectivity index (χ2v) is 10.6. The van der Waals surface area contributed by atoms with Gasteiger partial charge in [0.25, 0.3) is 10.0 Å². The lowest BCUT2D eigenvalue weighted by Crippen LogP contribution is -2.41. The van der Waals surface area contributed by atoms with Crippen LogP contribution in [0, 0.1) is 5.82 Å². The lowest BCUT2D eigenvalue weighted by Gasteiger charge is -2.24. The number of nitrogens with zero attached hydrogens (tertiary/aromatic N) is 1. The van der Waals surface area contributed by atoms with Gasteiger partial charge in [-0.1, -0.05) is 48.0 Å². The molecule has 0 aliphatic heterocycles. The van der Waals surface area contributed by atoms with Crippen LogP contribution in [-0.2, 0) is 20.6 Å². The molecule has 3 aromatic rings. The second kappa shape index (κ2) is 12.1. The van der Waals surface area contributed by atoms with Crippen LogP contribution in [0.3, 0.4) is 0 Å². The van der Waals surface area contributed by atoms with Crippen molar-refractivity contribution >= 4 is 45.0 Å². The molecule has 9 heteroatoms. The minimum Gasteiger partial charge on any atom is -0.354 e. The first-order valence-corrected chi connectivity index (χ1v) is 13.3. The number of nitrogens with one attached hydrogen (secondary N) is 1. The highest BCUT2D eigenvalue weighted by atomic mass is 35.5. The van der Waals surface area contributed by atoms with E-state index in [0.29, 0.717) is 35.0 Å². The summed E-state index contributed by atoms with van der Waals surface area (Å²) in [6, 6.07) is 20.9. The SMILES string of the molecule is O=C(CN(c1ccccc1)S(=O)(=O)c1ccc(Cl)cc1)NCCCSCc1ccccc1F. The maximum atomic E-state index is 13.6. The van der Waals surface area contributed by atoms with E-state index in [1.807, 2.05) is 0 Å². The van der Waals surface area contributed by atoms with E-state index in [-0.39, 0.29) is 17.3 Å². The Labute approximate surface area is 203 Å². The Morgan fingerprint density at radius 3 is 2.33 bits per heavy atom. The van der Waals surface area contributed by atoms with E-state index < -0.39 is 15.9 Å². The van der Waals surface area contributed by atoms with Crippen molar-refractivity contribution in [3.05, 3.63) is 95.3 Å². The fraction of sp³-hybridized carbons (Fsp3) is 0.208. The Morgan fingerprint density at radius 2 is 1.64 bits per heavy atom. The zero-order valence-electron chi connectivity index (χ0n) is 17.8. The van der Waals surface area contributed by atoms with Crippen molar-refractivity contribution in [2.24, 2.45) is 0 Å². The summed E-state index contributed by atoms with van der Waals surface area (Å²) in [4.78, 5) is 12.6. The molecule has 0 aliphatic carbocycles. The summed E-state index contributed by atoms with van der Waals surface area (Å²) in [5.74, 6) is 0.665. The van der Waals surface area contributed by atoms with Crippen LogP contribution in [0.5, 0.6) is 0 Å². The van der Waals surface area contributed by atoms with E-state index in [1.54, 1.807) is 60.3 Å². The normalized spacial score (nSPS) is 11.2. The highest BCUT2D eigenvalue weighted by Gasteiger charge is 2.27. The molecule has 33 heavy (non-hydrogen) atoms.